The third-order valence-electron chi connectivity index (χ3n) is 4.70. The van der Waals surface area contributed by atoms with Crippen molar-refractivity contribution in [1.29, 1.82) is 0 Å². The van der Waals surface area contributed by atoms with Gasteiger partial charge in [0.15, 0.2) is 0 Å². The van der Waals surface area contributed by atoms with Crippen LogP contribution in [0.15, 0.2) is 12.1 Å². The Kier molecular flexibility index (Phi) is 4.10. The van der Waals surface area contributed by atoms with E-state index in [2.05, 4.69) is 32.9 Å². The molecule has 2 heteroatoms. The van der Waals surface area contributed by atoms with Crippen molar-refractivity contribution in [2.75, 3.05) is 0 Å². The van der Waals surface area contributed by atoms with Gasteiger partial charge < -0.3 is 0 Å². The predicted molar refractivity (Wildman–Crippen MR) is 90.4 cm³/mol. The molecule has 0 saturated heterocycles. The largest absolute Gasteiger partial charge is 0.299 e. The summed E-state index contributed by atoms with van der Waals surface area (Å²) in [6.45, 7) is 14.6. The molecule has 1 fully saturated rings. The molecule has 1 aliphatic rings. The van der Waals surface area contributed by atoms with Crippen LogP contribution in [0.5, 0.6) is 0 Å². The van der Waals surface area contributed by atoms with Crippen molar-refractivity contribution in [3.8, 4) is 0 Å². The SMILES string of the molecule is Cc1cc(C(C)(C)C)cc(C)c1C1C(=O)CC(C)(C)CC1=O. The Hall–Kier alpha value is -1.44. The Labute approximate surface area is 134 Å². The molecule has 0 aromatic heterocycles. The molecule has 2 nitrogen and oxygen atoms in total. The van der Waals surface area contributed by atoms with E-state index in [0.29, 0.717) is 12.8 Å². The van der Waals surface area contributed by atoms with Crippen molar-refractivity contribution in [3.05, 3.63) is 34.4 Å². The quantitative estimate of drug-likeness (QED) is 0.708. The Balaban J connectivity index is 2.50. The summed E-state index contributed by atoms with van der Waals surface area (Å²) in [5, 5.41) is 0. The van der Waals surface area contributed by atoms with E-state index < -0.39 is 5.92 Å². The van der Waals surface area contributed by atoms with Crippen LogP contribution in [0, 0.1) is 19.3 Å². The number of carbonyl (C=O) groups excluding carboxylic acids is 2. The molecule has 120 valence electrons. The minimum absolute atomic E-state index is 0.0661. The predicted octanol–water partition coefficient (Wildman–Crippen LogP) is 4.64. The van der Waals surface area contributed by atoms with Crippen LogP contribution in [-0.2, 0) is 15.0 Å². The van der Waals surface area contributed by atoms with Gasteiger partial charge in [-0.1, -0.05) is 46.8 Å². The maximum atomic E-state index is 12.6. The van der Waals surface area contributed by atoms with Gasteiger partial charge in [-0.3, -0.25) is 9.59 Å². The summed E-state index contributed by atoms with van der Waals surface area (Å²) in [6, 6.07) is 4.28. The molecule has 2 rings (SSSR count). The van der Waals surface area contributed by atoms with Crippen molar-refractivity contribution in [2.45, 2.75) is 72.6 Å². The van der Waals surface area contributed by atoms with Crippen LogP contribution < -0.4 is 0 Å². The van der Waals surface area contributed by atoms with Crippen molar-refractivity contribution in [1.82, 2.24) is 0 Å². The first-order valence-electron chi connectivity index (χ1n) is 8.09. The summed E-state index contributed by atoms with van der Waals surface area (Å²) < 4.78 is 0. The highest BCUT2D eigenvalue weighted by molar-refractivity contribution is 6.10. The fourth-order valence-corrected chi connectivity index (χ4v) is 3.57. The highest BCUT2D eigenvalue weighted by atomic mass is 16.2. The second kappa shape index (κ2) is 5.33. The molecule has 1 aromatic rings. The molecule has 0 atom stereocenters. The molecule has 1 aliphatic carbocycles. The van der Waals surface area contributed by atoms with Crippen molar-refractivity contribution in [2.24, 2.45) is 5.41 Å². The summed E-state index contributed by atoms with van der Waals surface area (Å²) in [6.07, 6.45) is 0.979. The first-order valence-corrected chi connectivity index (χ1v) is 8.09. The average Bonchev–Trinajstić information content (AvgIpc) is 2.28. The molecule has 0 bridgehead atoms. The highest BCUT2D eigenvalue weighted by Crippen LogP contribution is 2.40. The van der Waals surface area contributed by atoms with Crippen LogP contribution in [0.4, 0.5) is 0 Å². The lowest BCUT2D eigenvalue weighted by Gasteiger charge is -2.34. The normalized spacial score (nSPS) is 19.6. The number of hydrogen-bond acceptors (Lipinski definition) is 2. The van der Waals surface area contributed by atoms with E-state index >= 15 is 0 Å². The average molecular weight is 300 g/mol. The summed E-state index contributed by atoms with van der Waals surface area (Å²) in [5.41, 5.74) is 4.20. The Bertz CT molecular complexity index is 587. The number of benzene rings is 1. The van der Waals surface area contributed by atoms with E-state index in [1.54, 1.807) is 0 Å². The summed E-state index contributed by atoms with van der Waals surface area (Å²) >= 11 is 0. The third kappa shape index (κ3) is 3.16. The first kappa shape index (κ1) is 16.9. The molecule has 0 N–H and O–H groups in total. The van der Waals surface area contributed by atoms with Gasteiger partial charge in [0, 0.05) is 12.8 Å². The van der Waals surface area contributed by atoms with Crippen LogP contribution in [-0.4, -0.2) is 11.6 Å². The number of ketones is 2. The lowest BCUT2D eigenvalue weighted by molar-refractivity contribution is -0.135. The molecule has 0 aliphatic heterocycles. The fourth-order valence-electron chi connectivity index (χ4n) is 3.57. The molecule has 0 unspecified atom stereocenters. The van der Waals surface area contributed by atoms with Gasteiger partial charge in [0.1, 0.15) is 17.5 Å². The summed E-state index contributed by atoms with van der Waals surface area (Å²) in [4.78, 5) is 25.2. The zero-order valence-corrected chi connectivity index (χ0v) is 15.0. The Morgan fingerprint density at radius 3 is 1.73 bits per heavy atom. The van der Waals surface area contributed by atoms with Gasteiger partial charge in [0.25, 0.3) is 0 Å². The minimum Gasteiger partial charge on any atom is -0.299 e. The monoisotopic (exact) mass is 300 g/mol. The molecule has 22 heavy (non-hydrogen) atoms. The fraction of sp³-hybridized carbons (Fsp3) is 0.600. The van der Waals surface area contributed by atoms with Crippen LogP contribution in [0.2, 0.25) is 0 Å². The van der Waals surface area contributed by atoms with Gasteiger partial charge in [-0.2, -0.15) is 0 Å². The van der Waals surface area contributed by atoms with Gasteiger partial charge in [-0.25, -0.2) is 0 Å². The minimum atomic E-state index is -0.554. The molecule has 0 amide bonds. The zero-order valence-electron chi connectivity index (χ0n) is 15.0. The number of Topliss-reactive ketones (excluding diaryl/α,β-unsaturated/α-hetero) is 2. The van der Waals surface area contributed by atoms with Crippen molar-refractivity contribution in [3.63, 3.8) is 0 Å². The van der Waals surface area contributed by atoms with E-state index in [0.717, 1.165) is 16.7 Å². The number of rotatable bonds is 1. The second-order valence-electron chi connectivity index (χ2n) is 8.66. The Morgan fingerprint density at radius 1 is 0.955 bits per heavy atom. The molecule has 0 heterocycles. The number of aryl methyl sites for hydroxylation is 2. The summed E-state index contributed by atoms with van der Waals surface area (Å²) in [5.74, 6) is -0.394. The van der Waals surface area contributed by atoms with Crippen LogP contribution in [0.25, 0.3) is 0 Å². The first-order chi connectivity index (χ1) is 9.92. The molecule has 0 radical (unpaired) electrons. The maximum Gasteiger partial charge on any atom is 0.148 e. The van der Waals surface area contributed by atoms with E-state index in [9.17, 15) is 9.59 Å². The van der Waals surface area contributed by atoms with Crippen LogP contribution in [0.3, 0.4) is 0 Å². The van der Waals surface area contributed by atoms with Crippen molar-refractivity contribution >= 4 is 11.6 Å². The zero-order chi connectivity index (χ0) is 16.9. The lowest BCUT2D eigenvalue weighted by Crippen LogP contribution is -2.36. The molecule has 1 aromatic carbocycles. The molecular weight excluding hydrogens is 272 g/mol. The lowest BCUT2D eigenvalue weighted by atomic mass is 9.68. The van der Waals surface area contributed by atoms with Gasteiger partial charge in [-0.05, 0) is 46.9 Å². The second-order valence-corrected chi connectivity index (χ2v) is 8.66. The van der Waals surface area contributed by atoms with Gasteiger partial charge in [-0.15, -0.1) is 0 Å². The smallest absolute Gasteiger partial charge is 0.148 e. The van der Waals surface area contributed by atoms with E-state index in [-0.39, 0.29) is 22.4 Å². The topological polar surface area (TPSA) is 34.1 Å². The highest BCUT2D eigenvalue weighted by Gasteiger charge is 2.41. The van der Waals surface area contributed by atoms with Crippen molar-refractivity contribution < 1.29 is 9.59 Å². The van der Waals surface area contributed by atoms with Crippen LogP contribution in [0.1, 0.15) is 75.6 Å². The van der Waals surface area contributed by atoms with Gasteiger partial charge in [0.2, 0.25) is 0 Å². The molecule has 0 spiro atoms. The molecule has 1 saturated carbocycles. The standard InChI is InChI=1S/C20H28O2/c1-12-8-14(19(3,4)5)9-13(2)17(12)18-15(21)10-20(6,7)11-16(18)22/h8-9,18H,10-11H2,1-7H3. The van der Waals surface area contributed by atoms with Crippen LogP contribution >= 0.6 is 0 Å². The van der Waals surface area contributed by atoms with Gasteiger partial charge in [0.05, 0.1) is 0 Å². The Morgan fingerprint density at radius 2 is 1.36 bits per heavy atom. The van der Waals surface area contributed by atoms with E-state index in [1.165, 1.54) is 5.56 Å². The number of carbonyl (C=O) groups is 2. The summed E-state index contributed by atoms with van der Waals surface area (Å²) in [7, 11) is 0. The van der Waals surface area contributed by atoms with E-state index in [1.807, 2.05) is 27.7 Å². The third-order valence-corrected chi connectivity index (χ3v) is 4.70. The maximum absolute atomic E-state index is 12.6. The van der Waals surface area contributed by atoms with E-state index in [4.69, 9.17) is 0 Å². The van der Waals surface area contributed by atoms with Gasteiger partial charge >= 0.3 is 0 Å². The number of hydrogen-bond donors (Lipinski definition) is 0. The molecular formula is C20H28O2.